The summed E-state index contributed by atoms with van der Waals surface area (Å²) in [6, 6.07) is 11.7. The number of phenolic OH excluding ortho intramolecular Hbond substituents is 1. The van der Waals surface area contributed by atoms with Crippen molar-refractivity contribution in [3.05, 3.63) is 53.6 Å². The molecule has 2 aromatic carbocycles. The van der Waals surface area contributed by atoms with E-state index in [9.17, 15) is 9.90 Å². The van der Waals surface area contributed by atoms with Crippen molar-refractivity contribution in [1.82, 2.24) is 0 Å². The molecule has 1 N–H and O–H groups in total. The summed E-state index contributed by atoms with van der Waals surface area (Å²) < 4.78 is 11.1. The van der Waals surface area contributed by atoms with Gasteiger partial charge in [0.15, 0.2) is 5.78 Å². The maximum absolute atomic E-state index is 12.5. The van der Waals surface area contributed by atoms with E-state index in [1.165, 1.54) is 6.07 Å². The fourth-order valence-corrected chi connectivity index (χ4v) is 2.24. The summed E-state index contributed by atoms with van der Waals surface area (Å²) >= 11 is 0. The number of benzene rings is 2. The van der Waals surface area contributed by atoms with Crippen LogP contribution < -0.4 is 9.47 Å². The SMILES string of the molecule is CCCCOc1ccc(C(=O)c2ccc(OC(C)C)cc2O)cc1. The highest BCUT2D eigenvalue weighted by Gasteiger charge is 2.15. The fraction of sp³-hybridized carbons (Fsp3) is 0.350. The number of carbonyl (C=O) groups is 1. The molecule has 0 aliphatic heterocycles. The van der Waals surface area contributed by atoms with Gasteiger partial charge in [0.05, 0.1) is 18.3 Å². The summed E-state index contributed by atoms with van der Waals surface area (Å²) in [7, 11) is 0. The third-order valence-corrected chi connectivity index (χ3v) is 3.47. The van der Waals surface area contributed by atoms with E-state index in [0.29, 0.717) is 17.9 Å². The third kappa shape index (κ3) is 4.75. The van der Waals surface area contributed by atoms with E-state index >= 15 is 0 Å². The van der Waals surface area contributed by atoms with Gasteiger partial charge < -0.3 is 14.6 Å². The molecule has 0 bridgehead atoms. The summed E-state index contributed by atoms with van der Waals surface area (Å²) in [5, 5.41) is 10.1. The smallest absolute Gasteiger partial charge is 0.196 e. The van der Waals surface area contributed by atoms with Gasteiger partial charge in [-0.1, -0.05) is 13.3 Å². The number of carbonyl (C=O) groups excluding carboxylic acids is 1. The van der Waals surface area contributed by atoms with Gasteiger partial charge in [-0.3, -0.25) is 4.79 Å². The van der Waals surface area contributed by atoms with E-state index in [1.807, 2.05) is 13.8 Å². The van der Waals surface area contributed by atoms with E-state index in [2.05, 4.69) is 6.92 Å². The fourth-order valence-electron chi connectivity index (χ4n) is 2.24. The Bertz CT molecular complexity index is 675. The lowest BCUT2D eigenvalue weighted by molar-refractivity contribution is 0.103. The van der Waals surface area contributed by atoms with Gasteiger partial charge >= 0.3 is 0 Å². The first kappa shape index (κ1) is 17.9. The standard InChI is InChI=1S/C20H24O4/c1-4-5-12-23-16-8-6-15(7-9-16)20(22)18-11-10-17(13-19(18)21)24-14(2)3/h6-11,13-14,21H,4-5,12H2,1-3H3. The van der Waals surface area contributed by atoms with Gasteiger partial charge in [-0.05, 0) is 56.7 Å². The Morgan fingerprint density at radius 2 is 1.75 bits per heavy atom. The molecule has 0 heterocycles. The second-order valence-corrected chi connectivity index (χ2v) is 5.90. The second kappa shape index (κ2) is 8.39. The lowest BCUT2D eigenvalue weighted by atomic mass is 10.0. The van der Waals surface area contributed by atoms with Crippen LogP contribution in [0.25, 0.3) is 0 Å². The lowest BCUT2D eigenvalue weighted by Crippen LogP contribution is -2.06. The first-order valence-electron chi connectivity index (χ1n) is 8.28. The molecule has 0 aliphatic rings. The summed E-state index contributed by atoms with van der Waals surface area (Å²) in [5.74, 6) is 0.966. The van der Waals surface area contributed by atoms with Gasteiger partial charge in [-0.15, -0.1) is 0 Å². The van der Waals surface area contributed by atoms with Crippen LogP contribution in [0.1, 0.15) is 49.5 Å². The van der Waals surface area contributed by atoms with Crippen molar-refractivity contribution >= 4 is 5.78 Å². The number of phenols is 1. The summed E-state index contributed by atoms with van der Waals surface area (Å²) in [4.78, 5) is 12.5. The monoisotopic (exact) mass is 328 g/mol. The van der Waals surface area contributed by atoms with Gasteiger partial charge in [-0.2, -0.15) is 0 Å². The average Bonchev–Trinajstić information content (AvgIpc) is 2.55. The van der Waals surface area contributed by atoms with Crippen LogP contribution in [-0.4, -0.2) is 23.6 Å². The van der Waals surface area contributed by atoms with Crippen LogP contribution in [0.3, 0.4) is 0 Å². The van der Waals surface area contributed by atoms with Crippen molar-refractivity contribution in [2.45, 2.75) is 39.7 Å². The largest absolute Gasteiger partial charge is 0.507 e. The van der Waals surface area contributed by atoms with Crippen LogP contribution in [-0.2, 0) is 0 Å². The van der Waals surface area contributed by atoms with E-state index in [0.717, 1.165) is 18.6 Å². The summed E-state index contributed by atoms with van der Waals surface area (Å²) in [6.07, 6.45) is 2.08. The van der Waals surface area contributed by atoms with Crippen molar-refractivity contribution in [3.63, 3.8) is 0 Å². The average molecular weight is 328 g/mol. The van der Waals surface area contributed by atoms with Gasteiger partial charge in [0.1, 0.15) is 17.2 Å². The Morgan fingerprint density at radius 3 is 2.33 bits per heavy atom. The Hall–Kier alpha value is -2.49. The molecule has 0 spiro atoms. The zero-order valence-electron chi connectivity index (χ0n) is 14.4. The molecule has 0 unspecified atom stereocenters. The van der Waals surface area contributed by atoms with E-state index in [-0.39, 0.29) is 23.2 Å². The molecule has 0 aliphatic carbocycles. The molecule has 128 valence electrons. The number of ketones is 1. The maximum atomic E-state index is 12.5. The Kier molecular flexibility index (Phi) is 6.24. The molecule has 4 nitrogen and oxygen atoms in total. The second-order valence-electron chi connectivity index (χ2n) is 5.90. The number of hydrogen-bond donors (Lipinski definition) is 1. The normalized spacial score (nSPS) is 10.7. The Balaban J connectivity index is 2.10. The molecule has 0 saturated carbocycles. The highest BCUT2D eigenvalue weighted by molar-refractivity contribution is 6.10. The predicted molar refractivity (Wildman–Crippen MR) is 94.1 cm³/mol. The quantitative estimate of drug-likeness (QED) is 0.569. The Morgan fingerprint density at radius 1 is 1.08 bits per heavy atom. The van der Waals surface area contributed by atoms with Gasteiger partial charge in [0.2, 0.25) is 0 Å². The molecular formula is C20H24O4. The molecule has 0 amide bonds. The minimum Gasteiger partial charge on any atom is -0.507 e. The van der Waals surface area contributed by atoms with Crippen molar-refractivity contribution in [3.8, 4) is 17.2 Å². The van der Waals surface area contributed by atoms with Crippen LogP contribution in [0.15, 0.2) is 42.5 Å². The van der Waals surface area contributed by atoms with Crippen LogP contribution in [0.5, 0.6) is 17.2 Å². The number of aromatic hydroxyl groups is 1. The number of rotatable bonds is 8. The van der Waals surface area contributed by atoms with Crippen molar-refractivity contribution < 1.29 is 19.4 Å². The van der Waals surface area contributed by atoms with Gasteiger partial charge in [-0.25, -0.2) is 0 Å². The summed E-state index contributed by atoms with van der Waals surface area (Å²) in [5.41, 5.74) is 0.761. The molecule has 0 fully saturated rings. The van der Waals surface area contributed by atoms with E-state index < -0.39 is 0 Å². The highest BCUT2D eigenvalue weighted by Crippen LogP contribution is 2.27. The topological polar surface area (TPSA) is 55.8 Å². The maximum Gasteiger partial charge on any atom is 0.196 e. The molecule has 0 saturated heterocycles. The molecule has 0 aromatic heterocycles. The number of ether oxygens (including phenoxy) is 2. The van der Waals surface area contributed by atoms with Crippen LogP contribution in [0, 0.1) is 0 Å². The lowest BCUT2D eigenvalue weighted by Gasteiger charge is -2.11. The van der Waals surface area contributed by atoms with Crippen molar-refractivity contribution in [1.29, 1.82) is 0 Å². The molecule has 2 rings (SSSR count). The minimum absolute atomic E-state index is 0.00574. The molecule has 4 heteroatoms. The van der Waals surface area contributed by atoms with Crippen LogP contribution in [0.4, 0.5) is 0 Å². The molecule has 0 atom stereocenters. The molecular weight excluding hydrogens is 304 g/mol. The number of hydrogen-bond acceptors (Lipinski definition) is 4. The number of unbranched alkanes of at least 4 members (excludes halogenated alkanes) is 1. The zero-order valence-corrected chi connectivity index (χ0v) is 14.4. The predicted octanol–water partition coefficient (Wildman–Crippen LogP) is 4.59. The summed E-state index contributed by atoms with van der Waals surface area (Å²) in [6.45, 7) is 6.58. The van der Waals surface area contributed by atoms with Crippen molar-refractivity contribution in [2.75, 3.05) is 6.61 Å². The van der Waals surface area contributed by atoms with E-state index in [1.54, 1.807) is 36.4 Å². The molecule has 2 aromatic rings. The molecule has 24 heavy (non-hydrogen) atoms. The van der Waals surface area contributed by atoms with E-state index in [4.69, 9.17) is 9.47 Å². The van der Waals surface area contributed by atoms with Crippen molar-refractivity contribution in [2.24, 2.45) is 0 Å². The van der Waals surface area contributed by atoms with Gasteiger partial charge in [0, 0.05) is 11.6 Å². The highest BCUT2D eigenvalue weighted by atomic mass is 16.5. The molecule has 0 radical (unpaired) electrons. The third-order valence-electron chi connectivity index (χ3n) is 3.47. The van der Waals surface area contributed by atoms with Gasteiger partial charge in [0.25, 0.3) is 0 Å². The van der Waals surface area contributed by atoms with Crippen LogP contribution >= 0.6 is 0 Å². The first-order valence-corrected chi connectivity index (χ1v) is 8.28. The first-order chi connectivity index (χ1) is 11.5. The van der Waals surface area contributed by atoms with Crippen LogP contribution in [0.2, 0.25) is 0 Å². The zero-order chi connectivity index (χ0) is 17.5. The minimum atomic E-state index is -0.233. The Labute approximate surface area is 143 Å².